The van der Waals surface area contributed by atoms with Crippen LogP contribution < -0.4 is 4.74 Å². The Hall–Kier alpha value is -3.70. The monoisotopic (exact) mass is 547 g/mol. The van der Waals surface area contributed by atoms with Gasteiger partial charge < -0.3 is 9.64 Å². The Bertz CT molecular complexity index is 1480. The number of alkyl halides is 3. The Kier molecular flexibility index (Phi) is 6.97. The number of hydrogen-bond donors (Lipinski definition) is 0. The Morgan fingerprint density at radius 3 is 2.39 bits per heavy atom. The molecular formula is C26H22ClF4N5O2. The molecule has 0 aliphatic carbocycles. The van der Waals surface area contributed by atoms with E-state index in [-0.39, 0.29) is 16.9 Å². The Morgan fingerprint density at radius 2 is 1.76 bits per heavy atom. The van der Waals surface area contributed by atoms with E-state index in [9.17, 15) is 22.4 Å². The minimum atomic E-state index is -4.72. The number of amides is 1. The highest BCUT2D eigenvalue weighted by atomic mass is 35.5. The van der Waals surface area contributed by atoms with Gasteiger partial charge in [0, 0.05) is 43.3 Å². The highest BCUT2D eigenvalue weighted by molar-refractivity contribution is 6.31. The van der Waals surface area contributed by atoms with E-state index in [1.807, 2.05) is 0 Å². The quantitative estimate of drug-likeness (QED) is 0.322. The lowest BCUT2D eigenvalue weighted by Gasteiger charge is -2.34. The maximum absolute atomic E-state index is 13.9. The van der Waals surface area contributed by atoms with Crippen molar-refractivity contribution in [3.05, 3.63) is 82.4 Å². The van der Waals surface area contributed by atoms with Gasteiger partial charge in [0.1, 0.15) is 17.1 Å². The van der Waals surface area contributed by atoms with Crippen molar-refractivity contribution in [2.75, 3.05) is 33.3 Å². The lowest BCUT2D eigenvalue weighted by atomic mass is 10.1. The molecule has 0 radical (unpaired) electrons. The van der Waals surface area contributed by atoms with Gasteiger partial charge in [-0.05, 0) is 48.0 Å². The number of halogens is 5. The van der Waals surface area contributed by atoms with Crippen molar-refractivity contribution in [1.29, 1.82) is 0 Å². The van der Waals surface area contributed by atoms with Crippen LogP contribution in [0.3, 0.4) is 0 Å². The zero-order chi connectivity index (χ0) is 27.0. The fourth-order valence-electron chi connectivity index (χ4n) is 4.40. The number of aromatic nitrogens is 3. The second-order valence-corrected chi connectivity index (χ2v) is 9.26. The molecule has 1 aliphatic heterocycles. The molecule has 1 aliphatic rings. The fourth-order valence-corrected chi connectivity index (χ4v) is 4.62. The van der Waals surface area contributed by atoms with Crippen molar-refractivity contribution in [3.63, 3.8) is 0 Å². The third-order valence-electron chi connectivity index (χ3n) is 6.45. The highest BCUT2D eigenvalue weighted by Crippen LogP contribution is 2.33. The first-order chi connectivity index (χ1) is 18.1. The van der Waals surface area contributed by atoms with E-state index in [2.05, 4.69) is 15.0 Å². The molecule has 0 spiro atoms. The van der Waals surface area contributed by atoms with E-state index in [0.29, 0.717) is 53.6 Å². The number of carbonyl (C=O) groups is 1. The molecule has 5 rings (SSSR count). The molecule has 38 heavy (non-hydrogen) atoms. The molecule has 7 nitrogen and oxygen atoms in total. The lowest BCUT2D eigenvalue weighted by molar-refractivity contribution is -0.142. The molecule has 0 saturated carbocycles. The van der Waals surface area contributed by atoms with Crippen LogP contribution in [0.5, 0.6) is 5.75 Å². The largest absolute Gasteiger partial charge is 0.497 e. The zero-order valence-electron chi connectivity index (χ0n) is 20.2. The summed E-state index contributed by atoms with van der Waals surface area (Å²) in [5.41, 5.74) is 0.0466. The van der Waals surface area contributed by atoms with E-state index < -0.39 is 23.6 Å². The van der Waals surface area contributed by atoms with Crippen LogP contribution in [-0.2, 0) is 12.7 Å². The number of piperazine rings is 1. The van der Waals surface area contributed by atoms with E-state index in [1.54, 1.807) is 35.2 Å². The van der Waals surface area contributed by atoms with Gasteiger partial charge in [-0.3, -0.25) is 9.69 Å². The molecule has 0 bridgehead atoms. The fraction of sp³-hybridized carbons (Fsp3) is 0.269. The van der Waals surface area contributed by atoms with Crippen LogP contribution in [0.4, 0.5) is 17.6 Å². The molecule has 12 heteroatoms. The van der Waals surface area contributed by atoms with Gasteiger partial charge in [0.15, 0.2) is 11.3 Å². The van der Waals surface area contributed by atoms with Crippen molar-refractivity contribution < 1.29 is 27.1 Å². The standard InChI is InChI=1S/C26H22ClF4N5O2/c1-38-19-6-3-16(4-7-19)22-13-23(26(29,30)31)36-24(33-22)20(14-32-36)25(37)35-10-8-34(9-11-35)15-17-2-5-18(28)12-21(17)27/h2-7,12-14H,8-11,15H2,1H3. The normalized spacial score (nSPS) is 14.7. The van der Waals surface area contributed by atoms with Crippen molar-refractivity contribution >= 4 is 23.2 Å². The van der Waals surface area contributed by atoms with Crippen LogP contribution in [0.1, 0.15) is 21.6 Å². The van der Waals surface area contributed by atoms with Crippen molar-refractivity contribution in [2.45, 2.75) is 12.7 Å². The van der Waals surface area contributed by atoms with E-state index in [0.717, 1.165) is 17.8 Å². The average Bonchev–Trinajstić information content (AvgIpc) is 3.33. The Labute approximate surface area is 220 Å². The SMILES string of the molecule is COc1ccc(-c2cc(C(F)(F)F)n3ncc(C(=O)N4CCN(Cc5ccc(F)cc5Cl)CC4)c3n2)cc1. The summed E-state index contributed by atoms with van der Waals surface area (Å²) in [7, 11) is 1.49. The summed E-state index contributed by atoms with van der Waals surface area (Å²) in [6.45, 7) is 2.20. The van der Waals surface area contributed by atoms with Gasteiger partial charge in [0.05, 0.1) is 19.0 Å². The zero-order valence-corrected chi connectivity index (χ0v) is 20.9. The number of hydrogen-bond acceptors (Lipinski definition) is 5. The van der Waals surface area contributed by atoms with Crippen LogP contribution in [0.2, 0.25) is 5.02 Å². The van der Waals surface area contributed by atoms with Gasteiger partial charge in [-0.1, -0.05) is 17.7 Å². The van der Waals surface area contributed by atoms with Gasteiger partial charge in [-0.25, -0.2) is 13.9 Å². The molecule has 0 N–H and O–H groups in total. The summed E-state index contributed by atoms with van der Waals surface area (Å²) in [5.74, 6) is -0.320. The van der Waals surface area contributed by atoms with Gasteiger partial charge in [0.25, 0.3) is 5.91 Å². The van der Waals surface area contributed by atoms with Crippen LogP contribution in [0, 0.1) is 5.82 Å². The Balaban J connectivity index is 1.40. The average molecular weight is 548 g/mol. The molecule has 0 unspecified atom stereocenters. The number of rotatable bonds is 5. The molecule has 198 valence electrons. The van der Waals surface area contributed by atoms with Crippen LogP contribution in [0.25, 0.3) is 16.9 Å². The number of nitrogens with zero attached hydrogens (tertiary/aromatic N) is 5. The Morgan fingerprint density at radius 1 is 1.05 bits per heavy atom. The molecule has 1 fully saturated rings. The maximum Gasteiger partial charge on any atom is 0.433 e. The number of benzene rings is 2. The van der Waals surface area contributed by atoms with E-state index in [4.69, 9.17) is 16.3 Å². The van der Waals surface area contributed by atoms with Crippen molar-refractivity contribution in [1.82, 2.24) is 24.4 Å². The highest BCUT2D eigenvalue weighted by Gasteiger charge is 2.36. The lowest BCUT2D eigenvalue weighted by Crippen LogP contribution is -2.48. The minimum absolute atomic E-state index is 0.0131. The van der Waals surface area contributed by atoms with Crippen LogP contribution >= 0.6 is 11.6 Å². The predicted molar refractivity (Wildman–Crippen MR) is 133 cm³/mol. The first-order valence-electron chi connectivity index (χ1n) is 11.7. The predicted octanol–water partition coefficient (Wildman–Crippen LogP) is 5.17. The van der Waals surface area contributed by atoms with Crippen LogP contribution in [0.15, 0.2) is 54.7 Å². The van der Waals surface area contributed by atoms with E-state index in [1.165, 1.54) is 19.2 Å². The second kappa shape index (κ2) is 10.2. The molecule has 1 saturated heterocycles. The van der Waals surface area contributed by atoms with Crippen molar-refractivity contribution in [2.24, 2.45) is 0 Å². The van der Waals surface area contributed by atoms with Gasteiger partial charge in [-0.2, -0.15) is 18.3 Å². The molecule has 3 heterocycles. The topological polar surface area (TPSA) is 63.0 Å². The van der Waals surface area contributed by atoms with Gasteiger partial charge in [0.2, 0.25) is 0 Å². The van der Waals surface area contributed by atoms with Crippen LogP contribution in [-0.4, -0.2) is 63.6 Å². The van der Waals surface area contributed by atoms with Gasteiger partial charge >= 0.3 is 6.18 Å². The molecule has 2 aromatic heterocycles. The smallest absolute Gasteiger partial charge is 0.433 e. The summed E-state index contributed by atoms with van der Waals surface area (Å²) in [4.78, 5) is 21.4. The molecule has 1 amide bonds. The summed E-state index contributed by atoms with van der Waals surface area (Å²) in [6, 6.07) is 11.6. The van der Waals surface area contributed by atoms with Gasteiger partial charge in [-0.15, -0.1) is 0 Å². The maximum atomic E-state index is 13.9. The molecule has 0 atom stereocenters. The van der Waals surface area contributed by atoms with Crippen molar-refractivity contribution in [3.8, 4) is 17.0 Å². The third kappa shape index (κ3) is 5.16. The first kappa shape index (κ1) is 25.9. The third-order valence-corrected chi connectivity index (χ3v) is 6.80. The number of fused-ring (bicyclic) bond motifs is 1. The molecule has 2 aromatic carbocycles. The summed E-state index contributed by atoms with van der Waals surface area (Å²) in [6.07, 6.45) is -3.59. The second-order valence-electron chi connectivity index (χ2n) is 8.85. The first-order valence-corrected chi connectivity index (χ1v) is 12.1. The summed E-state index contributed by atoms with van der Waals surface area (Å²) < 4.78 is 60.9. The number of ether oxygens (including phenoxy) is 1. The van der Waals surface area contributed by atoms with E-state index >= 15 is 0 Å². The molecular weight excluding hydrogens is 526 g/mol. The number of carbonyl (C=O) groups excluding carboxylic acids is 1. The summed E-state index contributed by atoms with van der Waals surface area (Å²) in [5, 5.41) is 4.19. The minimum Gasteiger partial charge on any atom is -0.497 e. The number of methoxy groups -OCH3 is 1. The molecule has 4 aromatic rings. The summed E-state index contributed by atoms with van der Waals surface area (Å²) >= 11 is 6.13.